The Morgan fingerprint density at radius 2 is 0.833 bits per heavy atom. The van der Waals surface area contributed by atoms with Gasteiger partial charge >= 0.3 is 11.9 Å². The first-order valence-corrected chi connectivity index (χ1v) is 20.2. The topological polar surface area (TPSA) is 52.6 Å². The van der Waals surface area contributed by atoms with Crippen LogP contribution < -0.4 is 17.0 Å². The van der Waals surface area contributed by atoms with Gasteiger partial charge in [0.25, 0.3) is 0 Å². The highest BCUT2D eigenvalue weighted by Crippen LogP contribution is 2.13. The largest absolute Gasteiger partial charge is 1.00 e. The van der Waals surface area contributed by atoms with Crippen LogP contribution in [0, 0.1) is 0 Å². The molecular weight excluding hydrogens is 662 g/mol. The van der Waals surface area contributed by atoms with Gasteiger partial charge in [0.2, 0.25) is 0 Å². The molecule has 0 radical (unpaired) electrons. The van der Waals surface area contributed by atoms with Crippen molar-refractivity contribution < 1.29 is 40.5 Å². The molecule has 0 saturated heterocycles. The summed E-state index contributed by atoms with van der Waals surface area (Å²) in [6, 6.07) is 0. The molecular formula is C42H80BrNO4. The number of likely N-dealkylation sites (N-methyl/N-ethyl adjacent to an activating group) is 1. The third-order valence-corrected chi connectivity index (χ3v) is 8.77. The Hall–Kier alpha value is -1.14. The summed E-state index contributed by atoms with van der Waals surface area (Å²) in [6.45, 7) is 5.31. The molecule has 0 N–H and O–H groups in total. The molecule has 48 heavy (non-hydrogen) atoms. The van der Waals surface area contributed by atoms with Gasteiger partial charge in [-0.05, 0) is 64.2 Å². The van der Waals surface area contributed by atoms with E-state index < -0.39 is 6.10 Å². The van der Waals surface area contributed by atoms with Gasteiger partial charge in [0.1, 0.15) is 13.2 Å². The number of hydrogen-bond acceptors (Lipinski definition) is 4. The maximum Gasteiger partial charge on any atom is 0.306 e. The maximum absolute atomic E-state index is 12.6. The van der Waals surface area contributed by atoms with Gasteiger partial charge in [-0.25, -0.2) is 0 Å². The van der Waals surface area contributed by atoms with Crippen LogP contribution in [0.5, 0.6) is 0 Å². The lowest BCUT2D eigenvalue weighted by molar-refractivity contribution is -0.873. The molecule has 0 aliphatic rings. The summed E-state index contributed by atoms with van der Waals surface area (Å²) in [5.41, 5.74) is 0. The van der Waals surface area contributed by atoms with Gasteiger partial charge in [0.05, 0.1) is 21.1 Å². The zero-order chi connectivity index (χ0) is 34.7. The van der Waals surface area contributed by atoms with E-state index in [-0.39, 0.29) is 35.5 Å². The summed E-state index contributed by atoms with van der Waals surface area (Å²) in [6.07, 6.45) is 42.1. The molecule has 0 aromatic rings. The number of ether oxygens (including phenoxy) is 2. The van der Waals surface area contributed by atoms with Crippen LogP contribution in [-0.4, -0.2) is 56.8 Å². The molecule has 0 rings (SSSR count). The van der Waals surface area contributed by atoms with Crippen molar-refractivity contribution in [3.8, 4) is 0 Å². The molecule has 284 valence electrons. The smallest absolute Gasteiger partial charge is 0.306 e. The number of quaternary nitrogens is 1. The van der Waals surface area contributed by atoms with E-state index in [4.69, 9.17) is 9.47 Å². The normalized spacial score (nSPS) is 12.4. The summed E-state index contributed by atoms with van der Waals surface area (Å²) in [5.74, 6) is -0.350. The Kier molecular flexibility index (Phi) is 37.9. The first-order valence-electron chi connectivity index (χ1n) is 20.2. The quantitative estimate of drug-likeness (QED) is 0.0281. The van der Waals surface area contributed by atoms with Crippen molar-refractivity contribution in [2.75, 3.05) is 34.3 Å². The van der Waals surface area contributed by atoms with Crippen molar-refractivity contribution in [2.45, 2.75) is 200 Å². The van der Waals surface area contributed by atoms with Crippen LogP contribution in [0.1, 0.15) is 194 Å². The zero-order valence-electron chi connectivity index (χ0n) is 32.6. The van der Waals surface area contributed by atoms with Gasteiger partial charge in [-0.1, -0.05) is 141 Å². The number of allylic oxidation sites excluding steroid dienone is 4. The van der Waals surface area contributed by atoms with Crippen LogP contribution in [0.3, 0.4) is 0 Å². The molecule has 0 aliphatic heterocycles. The maximum atomic E-state index is 12.6. The molecule has 0 aliphatic carbocycles. The Balaban J connectivity index is 0. The molecule has 0 aromatic heterocycles. The highest BCUT2D eigenvalue weighted by atomic mass is 79.9. The highest BCUT2D eigenvalue weighted by molar-refractivity contribution is 5.70. The van der Waals surface area contributed by atoms with Gasteiger partial charge in [-0.3, -0.25) is 9.59 Å². The van der Waals surface area contributed by atoms with Crippen molar-refractivity contribution >= 4 is 11.9 Å². The Morgan fingerprint density at radius 1 is 0.500 bits per heavy atom. The number of nitrogens with zero attached hydrogens (tertiary/aromatic N) is 1. The van der Waals surface area contributed by atoms with Crippen molar-refractivity contribution in [3.63, 3.8) is 0 Å². The fourth-order valence-corrected chi connectivity index (χ4v) is 5.92. The van der Waals surface area contributed by atoms with Gasteiger partial charge in [-0.15, -0.1) is 0 Å². The SMILES string of the molecule is CCCCCCCC/C=C/CCCCCCCC(=O)OCC(C[N+](C)(C)C)OC(=O)CCCCCCC/C=C/CCCCCCCC.[Br-]. The van der Waals surface area contributed by atoms with Gasteiger partial charge < -0.3 is 30.9 Å². The second-order valence-electron chi connectivity index (χ2n) is 14.9. The number of hydrogen-bond donors (Lipinski definition) is 0. The van der Waals surface area contributed by atoms with Crippen LogP contribution in [-0.2, 0) is 19.1 Å². The monoisotopic (exact) mass is 742 g/mol. The van der Waals surface area contributed by atoms with Crippen LogP contribution in [0.2, 0.25) is 0 Å². The van der Waals surface area contributed by atoms with E-state index in [0.29, 0.717) is 23.9 Å². The van der Waals surface area contributed by atoms with E-state index in [0.717, 1.165) is 38.5 Å². The predicted molar refractivity (Wildman–Crippen MR) is 203 cm³/mol. The van der Waals surface area contributed by atoms with Crippen molar-refractivity contribution in [2.24, 2.45) is 0 Å². The van der Waals surface area contributed by atoms with E-state index in [9.17, 15) is 9.59 Å². The first kappa shape index (κ1) is 49.0. The third kappa shape index (κ3) is 39.3. The molecule has 1 atom stereocenters. The lowest BCUT2D eigenvalue weighted by Gasteiger charge is -2.28. The van der Waals surface area contributed by atoms with Crippen molar-refractivity contribution in [1.82, 2.24) is 0 Å². The Bertz CT molecular complexity index is 761. The average molecular weight is 743 g/mol. The lowest BCUT2D eigenvalue weighted by atomic mass is 10.1. The molecule has 0 saturated carbocycles. The second kappa shape index (κ2) is 37.1. The standard InChI is InChI=1S/C42H80NO4.BrH/c1-6-8-10-12-14-16-18-20-22-24-26-28-30-32-34-36-41(44)46-39-40(38-43(3,4)5)47-42(45)37-35-33-31-29-27-25-23-21-19-17-15-13-11-9-7-2;/h20-23,40H,6-19,24-39H2,1-5H3;1H/q+1;/p-1/b22-20+,23-21+;. The van der Waals surface area contributed by atoms with E-state index in [1.807, 2.05) is 0 Å². The fourth-order valence-electron chi connectivity index (χ4n) is 5.92. The fraction of sp³-hybridized carbons (Fsp3) is 0.857. The third-order valence-electron chi connectivity index (χ3n) is 8.77. The molecule has 1 unspecified atom stereocenters. The molecule has 0 spiro atoms. The number of esters is 2. The van der Waals surface area contributed by atoms with Crippen LogP contribution in [0.4, 0.5) is 0 Å². The van der Waals surface area contributed by atoms with E-state index in [1.54, 1.807) is 0 Å². The van der Waals surface area contributed by atoms with Gasteiger partial charge in [0, 0.05) is 12.8 Å². The Labute approximate surface area is 309 Å². The summed E-state index contributed by atoms with van der Waals surface area (Å²) >= 11 is 0. The molecule has 5 nitrogen and oxygen atoms in total. The summed E-state index contributed by atoms with van der Waals surface area (Å²) in [4.78, 5) is 24.9. The molecule has 0 aromatic carbocycles. The van der Waals surface area contributed by atoms with Crippen LogP contribution in [0.15, 0.2) is 24.3 Å². The van der Waals surface area contributed by atoms with E-state index in [1.165, 1.54) is 128 Å². The number of carbonyl (C=O) groups excluding carboxylic acids is 2. The Morgan fingerprint density at radius 3 is 1.21 bits per heavy atom. The number of unbranched alkanes of at least 4 members (excludes halogenated alkanes) is 22. The van der Waals surface area contributed by atoms with Gasteiger partial charge in [0.15, 0.2) is 6.10 Å². The molecule has 6 heteroatoms. The molecule has 0 bridgehead atoms. The van der Waals surface area contributed by atoms with Gasteiger partial charge in [-0.2, -0.15) is 0 Å². The van der Waals surface area contributed by atoms with Crippen molar-refractivity contribution in [3.05, 3.63) is 24.3 Å². The van der Waals surface area contributed by atoms with Crippen LogP contribution in [0.25, 0.3) is 0 Å². The predicted octanol–water partition coefficient (Wildman–Crippen LogP) is 9.23. The number of carbonyl (C=O) groups is 2. The van der Waals surface area contributed by atoms with Crippen molar-refractivity contribution in [1.29, 1.82) is 0 Å². The molecule has 0 fully saturated rings. The molecule has 0 heterocycles. The summed E-state index contributed by atoms with van der Waals surface area (Å²) < 4.78 is 12.0. The van der Waals surface area contributed by atoms with Crippen LogP contribution >= 0.6 is 0 Å². The van der Waals surface area contributed by atoms with E-state index in [2.05, 4.69) is 59.3 Å². The summed E-state index contributed by atoms with van der Waals surface area (Å²) in [7, 11) is 6.20. The first-order chi connectivity index (χ1) is 22.8. The second-order valence-corrected chi connectivity index (χ2v) is 14.9. The number of rotatable bonds is 35. The average Bonchev–Trinajstić information content (AvgIpc) is 3.03. The highest BCUT2D eigenvalue weighted by Gasteiger charge is 2.23. The van der Waals surface area contributed by atoms with E-state index >= 15 is 0 Å². The molecule has 0 amide bonds. The zero-order valence-corrected chi connectivity index (χ0v) is 34.1. The minimum Gasteiger partial charge on any atom is -1.00 e. The minimum atomic E-state index is -0.399. The number of halogens is 1. The summed E-state index contributed by atoms with van der Waals surface area (Å²) in [5, 5.41) is 0. The minimum absolute atomic E-state index is 0. The lowest BCUT2D eigenvalue weighted by Crippen LogP contribution is -3.00.